The van der Waals surface area contributed by atoms with E-state index in [9.17, 15) is 5.11 Å². The number of anilines is 1. The van der Waals surface area contributed by atoms with Gasteiger partial charge in [-0.15, -0.1) is 0 Å². The van der Waals surface area contributed by atoms with Crippen LogP contribution in [0, 0.1) is 6.92 Å². The van der Waals surface area contributed by atoms with Gasteiger partial charge in [0.15, 0.2) is 5.75 Å². The molecule has 3 rings (SSSR count). The highest BCUT2D eigenvalue weighted by Crippen LogP contribution is 2.51. The summed E-state index contributed by atoms with van der Waals surface area (Å²) in [5, 5.41) is 19.0. The van der Waals surface area contributed by atoms with Gasteiger partial charge in [0.1, 0.15) is 5.75 Å². The topological polar surface area (TPSA) is 53.5 Å². The number of nitrogens with one attached hydrogen (secondary N) is 2. The van der Waals surface area contributed by atoms with E-state index in [1.807, 2.05) is 43.3 Å². The molecule has 0 aliphatic carbocycles. The zero-order valence-electron chi connectivity index (χ0n) is 21.2. The Labute approximate surface area is 199 Å². The van der Waals surface area contributed by atoms with Crippen LogP contribution in [0.5, 0.6) is 11.5 Å². The second kappa shape index (κ2) is 9.48. The first kappa shape index (κ1) is 24.7. The summed E-state index contributed by atoms with van der Waals surface area (Å²) in [5.74, 6) is 0.897. The average Bonchev–Trinajstić information content (AvgIpc) is 2.74. The van der Waals surface area contributed by atoms with Crippen LogP contribution in [-0.2, 0) is 0 Å². The van der Waals surface area contributed by atoms with Crippen LogP contribution in [-0.4, -0.2) is 23.3 Å². The maximum absolute atomic E-state index is 11.7. The lowest BCUT2D eigenvalue weighted by Crippen LogP contribution is -2.39. The second-order valence-electron chi connectivity index (χ2n) is 10.6. The molecule has 0 bridgehead atoms. The minimum atomic E-state index is -0.259. The van der Waals surface area contributed by atoms with Crippen LogP contribution < -0.4 is 15.4 Å². The molecule has 4 heteroatoms. The molecule has 0 aliphatic rings. The zero-order valence-corrected chi connectivity index (χ0v) is 21.2. The number of hydrogen-bond donors (Lipinski definition) is 3. The fourth-order valence-electron chi connectivity index (χ4n) is 4.20. The molecule has 0 amide bonds. The van der Waals surface area contributed by atoms with Crippen molar-refractivity contribution < 1.29 is 9.84 Å². The zero-order chi connectivity index (χ0) is 24.4. The van der Waals surface area contributed by atoms with Gasteiger partial charge in [-0.25, -0.2) is 0 Å². The largest absolute Gasteiger partial charge is 0.507 e. The summed E-state index contributed by atoms with van der Waals surface area (Å²) in [4.78, 5) is 0. The second-order valence-corrected chi connectivity index (χ2v) is 10.6. The summed E-state index contributed by atoms with van der Waals surface area (Å²) in [7, 11) is 1.68. The molecule has 0 aliphatic heterocycles. The molecule has 176 valence electrons. The smallest absolute Gasteiger partial charge is 0.151 e. The minimum absolute atomic E-state index is 0.193. The molecule has 33 heavy (non-hydrogen) atoms. The van der Waals surface area contributed by atoms with E-state index in [0.717, 1.165) is 33.5 Å². The summed E-state index contributed by atoms with van der Waals surface area (Å²) in [6, 6.07) is 20.1. The van der Waals surface area contributed by atoms with E-state index < -0.39 is 0 Å². The van der Waals surface area contributed by atoms with Gasteiger partial charge in [0, 0.05) is 22.2 Å². The molecule has 1 unspecified atom stereocenters. The molecule has 3 aromatic carbocycles. The van der Waals surface area contributed by atoms with Crippen LogP contribution in [0.4, 0.5) is 5.69 Å². The fraction of sp³-hybridized carbons (Fsp3) is 0.379. The van der Waals surface area contributed by atoms with Gasteiger partial charge in [-0.1, -0.05) is 60.7 Å². The number of aromatic hydroxyl groups is 1. The van der Waals surface area contributed by atoms with E-state index in [0.29, 0.717) is 5.75 Å². The van der Waals surface area contributed by atoms with Crippen molar-refractivity contribution in [1.82, 2.24) is 5.32 Å². The van der Waals surface area contributed by atoms with Crippen LogP contribution in [0.3, 0.4) is 0 Å². The predicted molar refractivity (Wildman–Crippen MR) is 139 cm³/mol. The molecular formula is C29H38N2O2. The SMILES string of the molecule is COc1c(NC(C)(C)C)c(-c2ccccc2)c(C)c(O)c1C(NC(C)(C)C)c1ccccc1. The molecule has 0 heterocycles. The van der Waals surface area contributed by atoms with E-state index in [1.54, 1.807) is 7.11 Å². The third kappa shape index (κ3) is 5.69. The van der Waals surface area contributed by atoms with Crippen molar-refractivity contribution in [3.8, 4) is 22.6 Å². The monoisotopic (exact) mass is 446 g/mol. The number of benzene rings is 3. The molecule has 0 saturated heterocycles. The molecule has 3 aromatic rings. The summed E-state index contributed by atoms with van der Waals surface area (Å²) < 4.78 is 6.07. The first-order chi connectivity index (χ1) is 15.4. The summed E-state index contributed by atoms with van der Waals surface area (Å²) in [5.41, 5.74) is 5.09. The number of methoxy groups -OCH3 is 1. The maximum atomic E-state index is 11.7. The van der Waals surface area contributed by atoms with Crippen molar-refractivity contribution in [2.75, 3.05) is 12.4 Å². The Morgan fingerprint density at radius 1 is 0.818 bits per heavy atom. The van der Waals surface area contributed by atoms with Crippen molar-refractivity contribution in [2.24, 2.45) is 0 Å². The Bertz CT molecular complexity index is 1080. The Balaban J connectivity index is 2.40. The molecule has 3 N–H and O–H groups in total. The van der Waals surface area contributed by atoms with Crippen LogP contribution in [0.1, 0.15) is 64.3 Å². The standard InChI is InChI=1S/C29H38N2O2/c1-19-22(20-15-11-9-12-16-20)25(31-29(5,6)7)27(33-8)23(26(19)32)24(30-28(2,3)4)21-17-13-10-14-18-21/h9-18,24,30-32H,1-8H3. The van der Waals surface area contributed by atoms with Gasteiger partial charge >= 0.3 is 0 Å². The summed E-state index contributed by atoms with van der Waals surface area (Å²) in [6.45, 7) is 14.8. The van der Waals surface area contributed by atoms with Crippen molar-refractivity contribution in [3.63, 3.8) is 0 Å². The third-order valence-corrected chi connectivity index (χ3v) is 5.47. The first-order valence-electron chi connectivity index (χ1n) is 11.5. The van der Waals surface area contributed by atoms with Gasteiger partial charge in [0.25, 0.3) is 0 Å². The van der Waals surface area contributed by atoms with E-state index in [-0.39, 0.29) is 22.9 Å². The van der Waals surface area contributed by atoms with E-state index in [1.165, 1.54) is 0 Å². The van der Waals surface area contributed by atoms with E-state index in [4.69, 9.17) is 4.74 Å². The van der Waals surface area contributed by atoms with Crippen molar-refractivity contribution in [3.05, 3.63) is 77.4 Å². The summed E-state index contributed by atoms with van der Waals surface area (Å²) in [6.07, 6.45) is 0. The molecule has 0 radical (unpaired) electrons. The fourth-order valence-corrected chi connectivity index (χ4v) is 4.20. The highest BCUT2D eigenvalue weighted by Gasteiger charge is 2.32. The van der Waals surface area contributed by atoms with Gasteiger partial charge in [-0.3, -0.25) is 0 Å². The summed E-state index contributed by atoms with van der Waals surface area (Å²) >= 11 is 0. The highest BCUT2D eigenvalue weighted by molar-refractivity contribution is 5.89. The van der Waals surface area contributed by atoms with Gasteiger partial charge in [-0.05, 0) is 59.6 Å². The molecule has 0 spiro atoms. The maximum Gasteiger partial charge on any atom is 0.151 e. The Morgan fingerprint density at radius 2 is 1.36 bits per heavy atom. The number of rotatable bonds is 6. The first-order valence-corrected chi connectivity index (χ1v) is 11.5. The average molecular weight is 447 g/mol. The van der Waals surface area contributed by atoms with Gasteiger partial charge in [-0.2, -0.15) is 0 Å². The molecule has 1 atom stereocenters. The van der Waals surface area contributed by atoms with Crippen molar-refractivity contribution in [1.29, 1.82) is 0 Å². The molecular weight excluding hydrogens is 408 g/mol. The predicted octanol–water partition coefficient (Wildman–Crippen LogP) is 7.06. The van der Waals surface area contributed by atoms with Crippen LogP contribution >= 0.6 is 0 Å². The number of hydrogen-bond acceptors (Lipinski definition) is 4. The number of phenols is 1. The lowest BCUT2D eigenvalue weighted by Gasteiger charge is -2.34. The lowest BCUT2D eigenvalue weighted by molar-refractivity contribution is 0.358. The number of phenolic OH excluding ortho intramolecular Hbond substituents is 1. The molecule has 4 nitrogen and oxygen atoms in total. The Hall–Kier alpha value is -2.98. The van der Waals surface area contributed by atoms with Gasteiger partial charge < -0.3 is 20.5 Å². The molecule has 0 aromatic heterocycles. The third-order valence-electron chi connectivity index (χ3n) is 5.47. The van der Waals surface area contributed by atoms with Crippen molar-refractivity contribution >= 4 is 5.69 Å². The quantitative estimate of drug-likeness (QED) is 0.355. The van der Waals surface area contributed by atoms with Gasteiger partial charge in [0.05, 0.1) is 24.4 Å². The van der Waals surface area contributed by atoms with E-state index in [2.05, 4.69) is 76.4 Å². The van der Waals surface area contributed by atoms with Crippen LogP contribution in [0.2, 0.25) is 0 Å². The Morgan fingerprint density at radius 3 is 1.85 bits per heavy atom. The number of ether oxygens (including phenoxy) is 1. The van der Waals surface area contributed by atoms with Crippen LogP contribution in [0.15, 0.2) is 60.7 Å². The lowest BCUT2D eigenvalue weighted by atomic mass is 9.87. The Kier molecular flexibility index (Phi) is 7.08. The van der Waals surface area contributed by atoms with E-state index >= 15 is 0 Å². The van der Waals surface area contributed by atoms with Crippen LogP contribution in [0.25, 0.3) is 11.1 Å². The minimum Gasteiger partial charge on any atom is -0.507 e. The molecule has 0 saturated carbocycles. The van der Waals surface area contributed by atoms with Gasteiger partial charge in [0.2, 0.25) is 0 Å². The van der Waals surface area contributed by atoms with Crippen molar-refractivity contribution in [2.45, 2.75) is 65.6 Å². The normalized spacial score (nSPS) is 13.0. The highest BCUT2D eigenvalue weighted by atomic mass is 16.5. The molecule has 0 fully saturated rings.